The van der Waals surface area contributed by atoms with Crippen molar-refractivity contribution in [2.24, 2.45) is 0 Å². The van der Waals surface area contributed by atoms with Gasteiger partial charge in [0.15, 0.2) is 0 Å². The molecule has 0 atom stereocenters. The molecule has 0 aliphatic rings. The summed E-state index contributed by atoms with van der Waals surface area (Å²) in [7, 11) is 0. The van der Waals surface area contributed by atoms with Gasteiger partial charge in [-0.1, -0.05) is 95.4 Å². The fraction of sp³-hybridized carbons (Fsp3) is 0.680. The van der Waals surface area contributed by atoms with Crippen LogP contribution in [0.15, 0.2) is 24.3 Å². The SMILES string of the molecule is CCCCCCCCCCCCCOC(=O)CCC(=O)OCc1ccccc1C. The zero-order valence-electron chi connectivity index (χ0n) is 18.5. The van der Waals surface area contributed by atoms with Gasteiger partial charge in [0.1, 0.15) is 6.61 Å². The maximum absolute atomic E-state index is 11.8. The zero-order valence-corrected chi connectivity index (χ0v) is 18.5. The molecule has 0 spiro atoms. The van der Waals surface area contributed by atoms with E-state index in [9.17, 15) is 9.59 Å². The fourth-order valence-corrected chi connectivity index (χ4v) is 3.23. The Morgan fingerprint density at radius 3 is 1.83 bits per heavy atom. The topological polar surface area (TPSA) is 52.6 Å². The first kappa shape index (κ1) is 25.2. The Hall–Kier alpha value is -1.84. The zero-order chi connectivity index (χ0) is 21.2. The van der Waals surface area contributed by atoms with Gasteiger partial charge in [-0.05, 0) is 24.5 Å². The lowest BCUT2D eigenvalue weighted by atomic mass is 10.1. The summed E-state index contributed by atoms with van der Waals surface area (Å²) in [4.78, 5) is 23.5. The minimum Gasteiger partial charge on any atom is -0.466 e. The minimum absolute atomic E-state index is 0.0724. The molecule has 0 saturated heterocycles. The number of benzene rings is 1. The first-order valence-electron chi connectivity index (χ1n) is 11.5. The summed E-state index contributed by atoms with van der Waals surface area (Å²) in [6.45, 7) is 4.93. The molecular weight excluding hydrogens is 364 g/mol. The largest absolute Gasteiger partial charge is 0.466 e. The van der Waals surface area contributed by atoms with E-state index in [0.717, 1.165) is 24.0 Å². The van der Waals surface area contributed by atoms with Gasteiger partial charge in [0.25, 0.3) is 0 Å². The summed E-state index contributed by atoms with van der Waals surface area (Å²) in [5.41, 5.74) is 2.08. The predicted molar refractivity (Wildman–Crippen MR) is 118 cm³/mol. The van der Waals surface area contributed by atoms with Crippen molar-refractivity contribution in [1.82, 2.24) is 0 Å². The summed E-state index contributed by atoms with van der Waals surface area (Å²) < 4.78 is 10.4. The number of esters is 2. The van der Waals surface area contributed by atoms with Crippen molar-refractivity contribution in [3.8, 4) is 0 Å². The average Bonchev–Trinajstić information content (AvgIpc) is 2.72. The van der Waals surface area contributed by atoms with E-state index in [-0.39, 0.29) is 31.4 Å². The van der Waals surface area contributed by atoms with E-state index < -0.39 is 0 Å². The van der Waals surface area contributed by atoms with Crippen LogP contribution in [0.3, 0.4) is 0 Å². The van der Waals surface area contributed by atoms with Gasteiger partial charge >= 0.3 is 11.9 Å². The molecule has 0 aliphatic heterocycles. The third-order valence-electron chi connectivity index (χ3n) is 5.19. The van der Waals surface area contributed by atoms with Gasteiger partial charge in [0.05, 0.1) is 19.4 Å². The molecule has 0 N–H and O–H groups in total. The highest BCUT2D eigenvalue weighted by molar-refractivity contribution is 5.77. The lowest BCUT2D eigenvalue weighted by molar-refractivity contribution is -0.151. The van der Waals surface area contributed by atoms with Crippen molar-refractivity contribution in [1.29, 1.82) is 0 Å². The number of ether oxygens (including phenoxy) is 2. The molecule has 1 aromatic rings. The van der Waals surface area contributed by atoms with E-state index in [0.29, 0.717) is 6.61 Å². The number of hydrogen-bond donors (Lipinski definition) is 0. The first-order valence-corrected chi connectivity index (χ1v) is 11.5. The van der Waals surface area contributed by atoms with Crippen LogP contribution in [0.4, 0.5) is 0 Å². The summed E-state index contributed by atoms with van der Waals surface area (Å²) in [5.74, 6) is -0.676. The third-order valence-corrected chi connectivity index (χ3v) is 5.19. The molecule has 0 fully saturated rings. The summed E-state index contributed by atoms with van der Waals surface area (Å²) >= 11 is 0. The quantitative estimate of drug-likeness (QED) is 0.215. The van der Waals surface area contributed by atoms with E-state index in [1.54, 1.807) is 0 Å². The van der Waals surface area contributed by atoms with Gasteiger partial charge in [-0.3, -0.25) is 9.59 Å². The molecule has 4 heteroatoms. The molecule has 1 rings (SSSR count). The molecule has 0 heterocycles. The Bertz CT molecular complexity index is 568. The van der Waals surface area contributed by atoms with Crippen molar-refractivity contribution < 1.29 is 19.1 Å². The number of unbranched alkanes of at least 4 members (excludes halogenated alkanes) is 10. The monoisotopic (exact) mass is 404 g/mol. The average molecular weight is 405 g/mol. The smallest absolute Gasteiger partial charge is 0.306 e. The van der Waals surface area contributed by atoms with E-state index in [2.05, 4.69) is 6.92 Å². The van der Waals surface area contributed by atoms with E-state index in [4.69, 9.17) is 9.47 Å². The number of carbonyl (C=O) groups is 2. The predicted octanol–water partition coefficient (Wildman–Crippen LogP) is 6.67. The Morgan fingerprint density at radius 2 is 1.24 bits per heavy atom. The standard InChI is InChI=1S/C25H40O4/c1-3-4-5-6-7-8-9-10-11-12-15-20-28-24(26)18-19-25(27)29-21-23-17-14-13-16-22(23)2/h13-14,16-17H,3-12,15,18-21H2,1-2H3. The van der Waals surface area contributed by atoms with Crippen LogP contribution in [0.2, 0.25) is 0 Å². The molecule has 29 heavy (non-hydrogen) atoms. The minimum atomic E-state index is -0.361. The van der Waals surface area contributed by atoms with Gasteiger partial charge < -0.3 is 9.47 Å². The second kappa shape index (κ2) is 17.1. The Labute approximate surface area is 177 Å². The lowest BCUT2D eigenvalue weighted by Crippen LogP contribution is -2.11. The molecule has 164 valence electrons. The maximum Gasteiger partial charge on any atom is 0.306 e. The lowest BCUT2D eigenvalue weighted by Gasteiger charge is -2.08. The van der Waals surface area contributed by atoms with E-state index >= 15 is 0 Å². The molecule has 0 unspecified atom stereocenters. The van der Waals surface area contributed by atoms with Crippen molar-refractivity contribution in [3.05, 3.63) is 35.4 Å². The molecule has 4 nitrogen and oxygen atoms in total. The number of hydrogen-bond acceptors (Lipinski definition) is 4. The Morgan fingerprint density at radius 1 is 0.724 bits per heavy atom. The molecule has 1 aromatic carbocycles. The highest BCUT2D eigenvalue weighted by atomic mass is 16.5. The van der Waals surface area contributed by atoms with Gasteiger partial charge in [0, 0.05) is 0 Å². The Balaban J connectivity index is 1.91. The number of rotatable bonds is 17. The second-order valence-electron chi connectivity index (χ2n) is 7.84. The van der Waals surface area contributed by atoms with Gasteiger partial charge in [0.2, 0.25) is 0 Å². The van der Waals surface area contributed by atoms with Gasteiger partial charge in [-0.2, -0.15) is 0 Å². The van der Waals surface area contributed by atoms with Crippen LogP contribution in [0.5, 0.6) is 0 Å². The first-order chi connectivity index (χ1) is 14.1. The molecular formula is C25H40O4. The number of aryl methyl sites for hydroxylation is 1. The van der Waals surface area contributed by atoms with Crippen molar-refractivity contribution in [2.75, 3.05) is 6.61 Å². The molecule has 0 saturated carbocycles. The van der Waals surface area contributed by atoms with Crippen molar-refractivity contribution >= 4 is 11.9 Å². The number of carbonyl (C=O) groups excluding carboxylic acids is 2. The molecule has 0 radical (unpaired) electrons. The third kappa shape index (κ3) is 13.9. The van der Waals surface area contributed by atoms with E-state index in [1.807, 2.05) is 31.2 Å². The molecule has 0 bridgehead atoms. The van der Waals surface area contributed by atoms with Crippen LogP contribution in [0.25, 0.3) is 0 Å². The van der Waals surface area contributed by atoms with E-state index in [1.165, 1.54) is 57.8 Å². The van der Waals surface area contributed by atoms with Crippen LogP contribution in [-0.2, 0) is 25.7 Å². The van der Waals surface area contributed by atoms with Crippen LogP contribution < -0.4 is 0 Å². The molecule has 0 amide bonds. The molecule has 0 aromatic heterocycles. The Kier molecular flexibility index (Phi) is 14.8. The summed E-state index contributed by atoms with van der Waals surface area (Å²) in [6, 6.07) is 7.79. The van der Waals surface area contributed by atoms with Crippen LogP contribution >= 0.6 is 0 Å². The second-order valence-corrected chi connectivity index (χ2v) is 7.84. The van der Waals surface area contributed by atoms with Crippen molar-refractivity contribution in [3.63, 3.8) is 0 Å². The normalized spacial score (nSPS) is 10.7. The van der Waals surface area contributed by atoms with Crippen LogP contribution in [-0.4, -0.2) is 18.5 Å². The van der Waals surface area contributed by atoms with Gasteiger partial charge in [-0.15, -0.1) is 0 Å². The summed E-state index contributed by atoms with van der Waals surface area (Å²) in [5, 5.41) is 0. The maximum atomic E-state index is 11.8. The van der Waals surface area contributed by atoms with Gasteiger partial charge in [-0.25, -0.2) is 0 Å². The highest BCUT2D eigenvalue weighted by Gasteiger charge is 2.10. The fourth-order valence-electron chi connectivity index (χ4n) is 3.23. The summed E-state index contributed by atoms with van der Waals surface area (Å²) in [6.07, 6.45) is 14.1. The van der Waals surface area contributed by atoms with Crippen molar-refractivity contribution in [2.45, 2.75) is 104 Å². The van der Waals surface area contributed by atoms with Crippen LogP contribution in [0, 0.1) is 6.92 Å². The van der Waals surface area contributed by atoms with Crippen LogP contribution in [0.1, 0.15) is 102 Å². The highest BCUT2D eigenvalue weighted by Crippen LogP contribution is 2.12. The molecule has 0 aliphatic carbocycles.